The minimum Gasteiger partial charge on any atom is -0.489 e. The van der Waals surface area contributed by atoms with Gasteiger partial charge in [-0.3, -0.25) is 4.79 Å². The van der Waals surface area contributed by atoms with Crippen LogP contribution in [0.4, 0.5) is 5.69 Å². The van der Waals surface area contributed by atoms with E-state index in [0.717, 1.165) is 17.0 Å². The van der Waals surface area contributed by atoms with Crippen molar-refractivity contribution < 1.29 is 9.53 Å². The predicted octanol–water partition coefficient (Wildman–Crippen LogP) is 3.86. The molecule has 0 saturated carbocycles. The van der Waals surface area contributed by atoms with Gasteiger partial charge in [0, 0.05) is 17.7 Å². The number of carbonyl (C=O) groups excluding carboxylic acids is 1. The number of benzene rings is 2. The lowest BCUT2D eigenvalue weighted by atomic mass is 10.2. The Morgan fingerprint density at radius 1 is 1.10 bits per heavy atom. The smallest absolute Gasteiger partial charge is 0.226 e. The second kappa shape index (κ2) is 6.75. The third-order valence-electron chi connectivity index (χ3n) is 2.87. The van der Waals surface area contributed by atoms with Crippen molar-refractivity contribution in [2.75, 3.05) is 5.32 Å². The van der Waals surface area contributed by atoms with Crippen molar-refractivity contribution in [1.82, 2.24) is 0 Å². The van der Waals surface area contributed by atoms with Crippen molar-refractivity contribution >= 4 is 11.6 Å². The Morgan fingerprint density at radius 3 is 2.55 bits per heavy atom. The highest BCUT2D eigenvalue weighted by atomic mass is 16.5. The lowest BCUT2D eigenvalue weighted by molar-refractivity contribution is -0.118. The van der Waals surface area contributed by atoms with E-state index in [1.54, 1.807) is 0 Å². The third kappa shape index (κ3) is 4.12. The molecule has 0 heterocycles. The van der Waals surface area contributed by atoms with Crippen molar-refractivity contribution in [3.8, 4) is 5.75 Å². The molecule has 0 bridgehead atoms. The molecule has 104 valence electrons. The van der Waals surface area contributed by atoms with E-state index in [9.17, 15) is 4.79 Å². The van der Waals surface area contributed by atoms with E-state index in [1.165, 1.54) is 0 Å². The number of ether oxygens (including phenoxy) is 1. The maximum atomic E-state index is 11.7. The summed E-state index contributed by atoms with van der Waals surface area (Å²) in [6, 6.07) is 17.4. The Morgan fingerprint density at radius 2 is 1.85 bits per heavy atom. The molecule has 3 heteroatoms. The largest absolute Gasteiger partial charge is 0.489 e. The molecule has 2 aromatic carbocycles. The van der Waals surface area contributed by atoms with Crippen LogP contribution in [0.1, 0.15) is 19.4 Å². The predicted molar refractivity (Wildman–Crippen MR) is 80.7 cm³/mol. The van der Waals surface area contributed by atoms with Gasteiger partial charge in [-0.25, -0.2) is 0 Å². The topological polar surface area (TPSA) is 38.3 Å². The van der Waals surface area contributed by atoms with E-state index in [0.29, 0.717) is 6.61 Å². The van der Waals surface area contributed by atoms with E-state index in [1.807, 2.05) is 68.4 Å². The fraction of sp³-hybridized carbons (Fsp3) is 0.235. The van der Waals surface area contributed by atoms with Crippen LogP contribution in [-0.2, 0) is 11.4 Å². The number of carbonyl (C=O) groups is 1. The first-order chi connectivity index (χ1) is 9.65. The molecule has 0 aliphatic carbocycles. The molecular formula is C17H19NO2. The summed E-state index contributed by atoms with van der Waals surface area (Å²) in [5, 5.41) is 2.86. The maximum absolute atomic E-state index is 11.7. The summed E-state index contributed by atoms with van der Waals surface area (Å²) in [5.41, 5.74) is 1.87. The Balaban J connectivity index is 1.97. The van der Waals surface area contributed by atoms with Gasteiger partial charge < -0.3 is 10.1 Å². The van der Waals surface area contributed by atoms with Gasteiger partial charge in [-0.1, -0.05) is 50.2 Å². The SMILES string of the molecule is CC(C)C(=O)Nc1cccc(OCc2ccccc2)c1. The second-order valence-electron chi connectivity index (χ2n) is 4.95. The molecule has 2 rings (SSSR count). The molecule has 0 unspecified atom stereocenters. The zero-order valence-electron chi connectivity index (χ0n) is 11.8. The molecule has 20 heavy (non-hydrogen) atoms. The van der Waals surface area contributed by atoms with Crippen LogP contribution in [-0.4, -0.2) is 5.91 Å². The first-order valence-corrected chi connectivity index (χ1v) is 6.73. The number of hydrogen-bond donors (Lipinski definition) is 1. The number of nitrogens with one attached hydrogen (secondary N) is 1. The van der Waals surface area contributed by atoms with Crippen LogP contribution in [0, 0.1) is 5.92 Å². The molecule has 0 spiro atoms. The Kier molecular flexibility index (Phi) is 4.77. The first-order valence-electron chi connectivity index (χ1n) is 6.73. The summed E-state index contributed by atoms with van der Waals surface area (Å²) < 4.78 is 5.72. The van der Waals surface area contributed by atoms with Crippen molar-refractivity contribution in [3.63, 3.8) is 0 Å². The monoisotopic (exact) mass is 269 g/mol. The molecule has 0 radical (unpaired) electrons. The van der Waals surface area contributed by atoms with E-state index in [2.05, 4.69) is 5.32 Å². The highest BCUT2D eigenvalue weighted by Crippen LogP contribution is 2.19. The number of anilines is 1. The van der Waals surface area contributed by atoms with E-state index < -0.39 is 0 Å². The van der Waals surface area contributed by atoms with E-state index in [4.69, 9.17) is 4.74 Å². The molecule has 2 aromatic rings. The van der Waals surface area contributed by atoms with Gasteiger partial charge >= 0.3 is 0 Å². The molecule has 0 aliphatic heterocycles. The van der Waals surface area contributed by atoms with Gasteiger partial charge in [0.2, 0.25) is 5.91 Å². The highest BCUT2D eigenvalue weighted by molar-refractivity contribution is 5.92. The summed E-state index contributed by atoms with van der Waals surface area (Å²) in [7, 11) is 0. The van der Waals surface area contributed by atoms with E-state index >= 15 is 0 Å². The molecule has 0 aromatic heterocycles. The summed E-state index contributed by atoms with van der Waals surface area (Å²) in [4.78, 5) is 11.7. The van der Waals surface area contributed by atoms with Crippen LogP contribution < -0.4 is 10.1 Å². The van der Waals surface area contributed by atoms with Crippen LogP contribution in [0.15, 0.2) is 54.6 Å². The zero-order chi connectivity index (χ0) is 14.4. The Labute approximate surface area is 119 Å². The summed E-state index contributed by atoms with van der Waals surface area (Å²) in [5.74, 6) is 0.713. The summed E-state index contributed by atoms with van der Waals surface area (Å²) in [6.45, 7) is 4.25. The number of amides is 1. The van der Waals surface area contributed by atoms with Crippen LogP contribution >= 0.6 is 0 Å². The molecule has 3 nitrogen and oxygen atoms in total. The van der Waals surface area contributed by atoms with Crippen LogP contribution in [0.5, 0.6) is 5.75 Å². The molecule has 0 atom stereocenters. The molecule has 0 saturated heterocycles. The minimum absolute atomic E-state index is 0.00482. The van der Waals surface area contributed by atoms with Gasteiger partial charge in [0.05, 0.1) is 0 Å². The van der Waals surface area contributed by atoms with Gasteiger partial charge in [-0.2, -0.15) is 0 Å². The van der Waals surface area contributed by atoms with Crippen LogP contribution in [0.3, 0.4) is 0 Å². The van der Waals surface area contributed by atoms with Crippen LogP contribution in [0.25, 0.3) is 0 Å². The van der Waals surface area contributed by atoms with Gasteiger partial charge in [0.15, 0.2) is 0 Å². The third-order valence-corrected chi connectivity index (χ3v) is 2.87. The number of rotatable bonds is 5. The quantitative estimate of drug-likeness (QED) is 0.895. The van der Waals surface area contributed by atoms with E-state index in [-0.39, 0.29) is 11.8 Å². The maximum Gasteiger partial charge on any atom is 0.226 e. The van der Waals surface area contributed by atoms with Crippen molar-refractivity contribution in [1.29, 1.82) is 0 Å². The summed E-state index contributed by atoms with van der Waals surface area (Å²) in [6.07, 6.45) is 0. The fourth-order valence-corrected chi connectivity index (χ4v) is 1.69. The molecule has 0 fully saturated rings. The van der Waals surface area contributed by atoms with Gasteiger partial charge in [0.1, 0.15) is 12.4 Å². The number of hydrogen-bond acceptors (Lipinski definition) is 2. The van der Waals surface area contributed by atoms with Gasteiger partial charge in [-0.15, -0.1) is 0 Å². The zero-order valence-corrected chi connectivity index (χ0v) is 11.8. The molecule has 1 amide bonds. The fourth-order valence-electron chi connectivity index (χ4n) is 1.69. The van der Waals surface area contributed by atoms with Gasteiger partial charge in [-0.05, 0) is 17.7 Å². The standard InChI is InChI=1S/C17H19NO2/c1-13(2)17(19)18-15-9-6-10-16(11-15)20-12-14-7-4-3-5-8-14/h3-11,13H,12H2,1-2H3,(H,18,19). The van der Waals surface area contributed by atoms with Crippen molar-refractivity contribution in [2.45, 2.75) is 20.5 Å². The van der Waals surface area contributed by atoms with Crippen LogP contribution in [0.2, 0.25) is 0 Å². The summed E-state index contributed by atoms with van der Waals surface area (Å²) >= 11 is 0. The Bertz CT molecular complexity index is 564. The second-order valence-corrected chi connectivity index (χ2v) is 4.95. The Hall–Kier alpha value is -2.29. The average Bonchev–Trinajstić information content (AvgIpc) is 2.46. The minimum atomic E-state index is -0.0381. The average molecular weight is 269 g/mol. The lowest BCUT2D eigenvalue weighted by Crippen LogP contribution is -2.17. The van der Waals surface area contributed by atoms with Crippen molar-refractivity contribution in [3.05, 3.63) is 60.2 Å². The molecule has 0 aliphatic rings. The van der Waals surface area contributed by atoms with Crippen molar-refractivity contribution in [2.24, 2.45) is 5.92 Å². The van der Waals surface area contributed by atoms with Gasteiger partial charge in [0.25, 0.3) is 0 Å². The molecule has 1 N–H and O–H groups in total. The molecular weight excluding hydrogens is 250 g/mol. The lowest BCUT2D eigenvalue weighted by Gasteiger charge is -2.10. The highest BCUT2D eigenvalue weighted by Gasteiger charge is 2.07. The first kappa shape index (κ1) is 14.1. The normalized spacial score (nSPS) is 10.3.